The van der Waals surface area contributed by atoms with Crippen molar-refractivity contribution in [1.82, 2.24) is 10.2 Å². The molecule has 2 aliphatic rings. The molecule has 0 aliphatic carbocycles. The molecule has 0 radical (unpaired) electrons. The molecule has 1 N–H and O–H groups in total. The van der Waals surface area contributed by atoms with Gasteiger partial charge in [-0.1, -0.05) is 23.8 Å². The van der Waals surface area contributed by atoms with E-state index in [2.05, 4.69) is 15.3 Å². The van der Waals surface area contributed by atoms with Crippen LogP contribution in [0.3, 0.4) is 0 Å². The van der Waals surface area contributed by atoms with Gasteiger partial charge < -0.3 is 14.6 Å². The predicted molar refractivity (Wildman–Crippen MR) is 113 cm³/mol. The number of ketones is 1. The van der Waals surface area contributed by atoms with Gasteiger partial charge in [-0.25, -0.2) is 0 Å². The van der Waals surface area contributed by atoms with Gasteiger partial charge in [0.1, 0.15) is 18.5 Å². The number of carbonyl (C=O) groups excluding carboxylic acids is 4. The Morgan fingerprint density at radius 2 is 2.20 bits per heavy atom. The summed E-state index contributed by atoms with van der Waals surface area (Å²) in [6, 6.07) is 2.52. The second-order valence-corrected chi connectivity index (χ2v) is 8.56. The second-order valence-electron chi connectivity index (χ2n) is 6.50. The van der Waals surface area contributed by atoms with Crippen molar-refractivity contribution in [2.45, 2.75) is 31.7 Å². The molecule has 1 fully saturated rings. The Hall–Kier alpha value is -2.53. The molecule has 11 heteroatoms. The zero-order valence-corrected chi connectivity index (χ0v) is 18.3. The lowest BCUT2D eigenvalue weighted by molar-refractivity contribution is -0.145. The summed E-state index contributed by atoms with van der Waals surface area (Å²) in [7, 11) is 1.24. The van der Waals surface area contributed by atoms with Crippen LogP contribution in [0.4, 0.5) is 0 Å². The number of rotatable bonds is 8. The Labute approximate surface area is 181 Å². The van der Waals surface area contributed by atoms with Gasteiger partial charge in [0.2, 0.25) is 5.71 Å². The van der Waals surface area contributed by atoms with Crippen LogP contribution in [0.5, 0.6) is 0 Å². The van der Waals surface area contributed by atoms with Gasteiger partial charge in [-0.3, -0.25) is 24.1 Å². The average molecular weight is 452 g/mol. The Morgan fingerprint density at radius 3 is 2.83 bits per heavy atom. The Kier molecular flexibility index (Phi) is 7.03. The summed E-state index contributed by atoms with van der Waals surface area (Å²) in [5, 5.41) is 5.65. The normalized spacial score (nSPS) is 21.1. The van der Waals surface area contributed by atoms with E-state index in [1.165, 1.54) is 25.1 Å². The highest BCUT2D eigenvalue weighted by Gasteiger charge is 2.52. The van der Waals surface area contributed by atoms with Crippen molar-refractivity contribution < 1.29 is 28.4 Å². The van der Waals surface area contributed by atoms with E-state index < -0.39 is 17.7 Å². The summed E-state index contributed by atoms with van der Waals surface area (Å²) in [5.41, 5.74) is 1.40. The van der Waals surface area contributed by atoms with Gasteiger partial charge in [0.25, 0.3) is 16.9 Å². The van der Waals surface area contributed by atoms with Crippen LogP contribution in [-0.4, -0.2) is 63.4 Å². The van der Waals surface area contributed by atoms with Gasteiger partial charge in [0.05, 0.1) is 6.26 Å². The number of hydrogen-bond acceptors (Lipinski definition) is 9. The molecule has 9 nitrogen and oxygen atoms in total. The molecule has 2 unspecified atom stereocenters. The largest absolute Gasteiger partial charge is 0.460 e. The molecule has 0 saturated carbocycles. The van der Waals surface area contributed by atoms with E-state index in [1.54, 1.807) is 24.0 Å². The van der Waals surface area contributed by atoms with Crippen molar-refractivity contribution in [3.63, 3.8) is 0 Å². The van der Waals surface area contributed by atoms with Crippen LogP contribution in [0, 0.1) is 0 Å². The molecule has 0 aromatic carbocycles. The van der Waals surface area contributed by atoms with Gasteiger partial charge >= 0.3 is 0 Å². The van der Waals surface area contributed by atoms with Gasteiger partial charge in [0.15, 0.2) is 11.5 Å². The minimum absolute atomic E-state index is 0.0954. The number of allylic oxidation sites excluding steroid dienone is 1. The lowest BCUT2D eigenvalue weighted by atomic mass is 10.0. The van der Waals surface area contributed by atoms with E-state index in [9.17, 15) is 19.2 Å². The molecular weight excluding hydrogens is 430 g/mol. The molecule has 2 amide bonds. The number of Topliss-reactive ketones (excluding diaryl/α,β-unsaturated/α-hetero) is 1. The van der Waals surface area contributed by atoms with Crippen molar-refractivity contribution in [3.8, 4) is 0 Å². The Bertz CT molecular complexity index is 925. The topological polar surface area (TPSA) is 118 Å². The lowest BCUT2D eigenvalue weighted by Gasteiger charge is -2.50. The molecule has 30 heavy (non-hydrogen) atoms. The summed E-state index contributed by atoms with van der Waals surface area (Å²) >= 11 is 2.62. The molecule has 0 bridgehead atoms. The number of thioether (sulfide) groups is 2. The maximum absolute atomic E-state index is 12.7. The molecule has 1 aromatic rings. The quantitative estimate of drug-likeness (QED) is 0.275. The molecule has 1 aromatic heterocycles. The molecule has 2 atom stereocenters. The number of furan rings is 1. The van der Waals surface area contributed by atoms with Gasteiger partial charge in [-0.2, -0.15) is 0 Å². The van der Waals surface area contributed by atoms with Gasteiger partial charge in [-0.05, 0) is 24.6 Å². The number of nitrogens with one attached hydrogen (secondary N) is 1. The van der Waals surface area contributed by atoms with E-state index in [0.717, 1.165) is 23.0 Å². The van der Waals surface area contributed by atoms with Crippen molar-refractivity contribution in [1.29, 1.82) is 0 Å². The van der Waals surface area contributed by atoms with Crippen LogP contribution >= 0.6 is 23.5 Å². The van der Waals surface area contributed by atoms with Crippen LogP contribution in [0.1, 0.15) is 30.8 Å². The SMILES string of the molecule is CCC(=O)/C(=N/OC)C(=O)NC1C(=O)N2C(C)=C(CSC(=O)c3ccco3)CSC12. The molecule has 160 valence electrons. The highest BCUT2D eigenvalue weighted by Crippen LogP contribution is 2.40. The minimum atomic E-state index is -0.747. The van der Waals surface area contributed by atoms with Crippen molar-refractivity contribution in [3.05, 3.63) is 35.4 Å². The van der Waals surface area contributed by atoms with Crippen LogP contribution in [-0.2, 0) is 19.2 Å². The third kappa shape index (κ3) is 4.31. The first kappa shape index (κ1) is 22.2. The van der Waals surface area contributed by atoms with E-state index in [-0.39, 0.29) is 34.3 Å². The number of hydrogen-bond donors (Lipinski definition) is 1. The van der Waals surface area contributed by atoms with Gasteiger partial charge in [-0.15, -0.1) is 11.8 Å². The maximum atomic E-state index is 12.7. The number of β-lactam (4-membered cyclic amide) rings is 1. The van der Waals surface area contributed by atoms with Crippen LogP contribution < -0.4 is 5.32 Å². The van der Waals surface area contributed by atoms with Crippen LogP contribution in [0.15, 0.2) is 39.2 Å². The van der Waals surface area contributed by atoms with Crippen molar-refractivity contribution >= 4 is 51.9 Å². The number of fused-ring (bicyclic) bond motifs is 1. The average Bonchev–Trinajstić information content (AvgIpc) is 3.28. The first-order chi connectivity index (χ1) is 14.4. The minimum Gasteiger partial charge on any atom is -0.460 e. The fraction of sp³-hybridized carbons (Fsp3) is 0.421. The standard InChI is InChI=1S/C19H21N3O6S2/c1-4-12(23)14(21-27-3)16(24)20-15-17(25)22-10(2)11(8-29-18(15)22)9-30-19(26)13-6-5-7-28-13/h5-7,15,18H,4,8-9H2,1-3H3,(H,20,24)/b21-14-. The van der Waals surface area contributed by atoms with E-state index in [1.807, 2.05) is 6.92 Å². The first-order valence-electron chi connectivity index (χ1n) is 9.18. The molecule has 3 rings (SSSR count). The zero-order chi connectivity index (χ0) is 21.8. The van der Waals surface area contributed by atoms with Crippen molar-refractivity contribution in [2.75, 3.05) is 18.6 Å². The summed E-state index contributed by atoms with van der Waals surface area (Å²) in [5.74, 6) is -0.101. The first-order valence-corrected chi connectivity index (χ1v) is 11.2. The number of nitrogens with zero attached hydrogens (tertiary/aromatic N) is 2. The molecule has 1 saturated heterocycles. The Balaban J connectivity index is 1.63. The summed E-state index contributed by atoms with van der Waals surface area (Å²) in [6.45, 7) is 3.44. The highest BCUT2D eigenvalue weighted by molar-refractivity contribution is 8.14. The maximum Gasteiger partial charge on any atom is 0.277 e. The van der Waals surface area contributed by atoms with Crippen molar-refractivity contribution in [2.24, 2.45) is 5.16 Å². The van der Waals surface area contributed by atoms with Crippen LogP contribution in [0.2, 0.25) is 0 Å². The van der Waals surface area contributed by atoms with Crippen LogP contribution in [0.25, 0.3) is 0 Å². The third-order valence-electron chi connectivity index (χ3n) is 4.71. The second kappa shape index (κ2) is 9.52. The summed E-state index contributed by atoms with van der Waals surface area (Å²) in [6.07, 6.45) is 1.54. The van der Waals surface area contributed by atoms with E-state index in [4.69, 9.17) is 4.42 Å². The van der Waals surface area contributed by atoms with E-state index >= 15 is 0 Å². The molecular formula is C19H21N3O6S2. The summed E-state index contributed by atoms with van der Waals surface area (Å²) in [4.78, 5) is 55.3. The fourth-order valence-corrected chi connectivity index (χ4v) is 5.51. The van der Waals surface area contributed by atoms with E-state index in [0.29, 0.717) is 11.5 Å². The predicted octanol–water partition coefficient (Wildman–Crippen LogP) is 1.81. The number of oxime groups is 1. The smallest absolute Gasteiger partial charge is 0.277 e. The molecule has 3 heterocycles. The zero-order valence-electron chi connectivity index (χ0n) is 16.7. The number of amides is 2. The lowest BCUT2D eigenvalue weighted by Crippen LogP contribution is -2.70. The summed E-state index contributed by atoms with van der Waals surface area (Å²) < 4.78 is 5.10. The third-order valence-corrected chi connectivity index (χ3v) is 7.01. The molecule has 2 aliphatic heterocycles. The highest BCUT2D eigenvalue weighted by atomic mass is 32.2. The molecule has 0 spiro atoms. The Morgan fingerprint density at radius 1 is 1.43 bits per heavy atom. The fourth-order valence-electron chi connectivity index (χ4n) is 3.04. The van der Waals surface area contributed by atoms with Gasteiger partial charge in [0, 0.05) is 23.6 Å². The number of carbonyl (C=O) groups is 4. The monoisotopic (exact) mass is 451 g/mol.